The van der Waals surface area contributed by atoms with Crippen molar-refractivity contribution in [2.24, 2.45) is 10.9 Å². The smallest absolute Gasteiger partial charge is 0.254 e. The molecule has 0 aliphatic carbocycles. The lowest BCUT2D eigenvalue weighted by atomic mass is 10.0. The minimum atomic E-state index is -4.25. The molecule has 0 saturated carbocycles. The molecular formula is C16H21F4NS. The molecule has 0 unspecified atom stereocenters. The van der Waals surface area contributed by atoms with E-state index in [1.54, 1.807) is 6.92 Å². The summed E-state index contributed by atoms with van der Waals surface area (Å²) in [7, 11) is 0. The van der Waals surface area contributed by atoms with Crippen LogP contribution in [-0.2, 0) is 0 Å². The molecule has 1 aromatic carbocycles. The van der Waals surface area contributed by atoms with Gasteiger partial charge in [0.2, 0.25) is 0 Å². The lowest BCUT2D eigenvalue weighted by Gasteiger charge is -2.12. The van der Waals surface area contributed by atoms with Crippen molar-refractivity contribution in [3.63, 3.8) is 0 Å². The van der Waals surface area contributed by atoms with Crippen LogP contribution < -0.4 is 0 Å². The van der Waals surface area contributed by atoms with Crippen LogP contribution in [0.25, 0.3) is 0 Å². The molecule has 22 heavy (non-hydrogen) atoms. The number of rotatable bonds is 6. The molecule has 1 nitrogen and oxygen atoms in total. The van der Waals surface area contributed by atoms with E-state index < -0.39 is 17.7 Å². The predicted octanol–water partition coefficient (Wildman–Crippen LogP) is 6.32. The van der Waals surface area contributed by atoms with Crippen LogP contribution in [0.15, 0.2) is 22.0 Å². The standard InChI is InChI=1S/C16H21F4NS/c1-5-6-13(10(2)3)21-14-8-15(11(4)7-12(14)17)22-9-16(18,19)20/h7-8,10H,5-6,9H2,1-4H3. The Morgan fingerprint density at radius 2 is 1.91 bits per heavy atom. The second-order valence-electron chi connectivity index (χ2n) is 5.48. The van der Waals surface area contributed by atoms with E-state index in [4.69, 9.17) is 0 Å². The molecule has 0 fully saturated rings. The first kappa shape index (κ1) is 19.0. The molecule has 0 spiro atoms. The second kappa shape index (κ2) is 7.99. The predicted molar refractivity (Wildman–Crippen MR) is 84.8 cm³/mol. The van der Waals surface area contributed by atoms with E-state index in [0.717, 1.165) is 18.6 Å². The summed E-state index contributed by atoms with van der Waals surface area (Å²) in [6.07, 6.45) is -2.61. The third-order valence-electron chi connectivity index (χ3n) is 3.07. The van der Waals surface area contributed by atoms with Gasteiger partial charge in [-0.05, 0) is 37.0 Å². The van der Waals surface area contributed by atoms with Gasteiger partial charge in [0, 0.05) is 10.6 Å². The van der Waals surface area contributed by atoms with Gasteiger partial charge < -0.3 is 0 Å². The minimum absolute atomic E-state index is 0.118. The van der Waals surface area contributed by atoms with Crippen LogP contribution in [0, 0.1) is 18.7 Å². The van der Waals surface area contributed by atoms with E-state index in [2.05, 4.69) is 4.99 Å². The first-order valence-electron chi connectivity index (χ1n) is 7.21. The molecule has 0 atom stereocenters. The quantitative estimate of drug-likeness (QED) is 0.337. The van der Waals surface area contributed by atoms with E-state index in [1.165, 1.54) is 12.1 Å². The molecule has 6 heteroatoms. The number of nitrogens with zero attached hydrogens (tertiary/aromatic N) is 1. The molecule has 0 amide bonds. The van der Waals surface area contributed by atoms with Crippen molar-refractivity contribution in [2.75, 3.05) is 5.75 Å². The Morgan fingerprint density at radius 1 is 1.27 bits per heavy atom. The van der Waals surface area contributed by atoms with Crippen LogP contribution in [0.4, 0.5) is 23.2 Å². The van der Waals surface area contributed by atoms with E-state index >= 15 is 0 Å². The van der Waals surface area contributed by atoms with Crippen molar-refractivity contribution in [3.8, 4) is 0 Å². The van der Waals surface area contributed by atoms with Crippen LogP contribution in [0.2, 0.25) is 0 Å². The topological polar surface area (TPSA) is 12.4 Å². The van der Waals surface area contributed by atoms with Gasteiger partial charge in [0.1, 0.15) is 5.82 Å². The van der Waals surface area contributed by atoms with Gasteiger partial charge in [0.15, 0.2) is 0 Å². The summed E-state index contributed by atoms with van der Waals surface area (Å²) in [5.41, 5.74) is 1.47. The number of hydrogen-bond donors (Lipinski definition) is 0. The van der Waals surface area contributed by atoms with E-state index in [9.17, 15) is 17.6 Å². The third kappa shape index (κ3) is 5.99. The number of aryl methyl sites for hydroxylation is 1. The van der Waals surface area contributed by atoms with Gasteiger partial charge in [0.05, 0.1) is 11.4 Å². The fourth-order valence-electron chi connectivity index (χ4n) is 1.93. The summed E-state index contributed by atoms with van der Waals surface area (Å²) >= 11 is 0.665. The molecule has 0 radical (unpaired) electrons. The molecule has 0 heterocycles. The van der Waals surface area contributed by atoms with E-state index in [-0.39, 0.29) is 11.6 Å². The maximum atomic E-state index is 14.0. The number of hydrogen-bond acceptors (Lipinski definition) is 2. The molecule has 0 N–H and O–H groups in total. The Labute approximate surface area is 133 Å². The first-order valence-corrected chi connectivity index (χ1v) is 8.19. The monoisotopic (exact) mass is 335 g/mol. The summed E-state index contributed by atoms with van der Waals surface area (Å²) < 4.78 is 51.1. The van der Waals surface area contributed by atoms with Crippen molar-refractivity contribution in [3.05, 3.63) is 23.5 Å². The Kier molecular flexibility index (Phi) is 6.91. The lowest BCUT2D eigenvalue weighted by Crippen LogP contribution is -2.10. The zero-order valence-electron chi connectivity index (χ0n) is 13.2. The van der Waals surface area contributed by atoms with Crippen molar-refractivity contribution in [1.82, 2.24) is 0 Å². The summed E-state index contributed by atoms with van der Waals surface area (Å²) in [6.45, 7) is 7.55. The van der Waals surface area contributed by atoms with Crippen LogP contribution in [0.5, 0.6) is 0 Å². The maximum absolute atomic E-state index is 14.0. The third-order valence-corrected chi connectivity index (χ3v) is 4.29. The highest BCUT2D eigenvalue weighted by Gasteiger charge is 2.27. The van der Waals surface area contributed by atoms with Gasteiger partial charge in [0.25, 0.3) is 0 Å². The fraction of sp³-hybridized carbons (Fsp3) is 0.562. The van der Waals surface area contributed by atoms with Crippen molar-refractivity contribution >= 4 is 23.2 Å². The van der Waals surface area contributed by atoms with E-state index in [0.29, 0.717) is 22.2 Å². The molecule has 1 rings (SSSR count). The lowest BCUT2D eigenvalue weighted by molar-refractivity contribution is -0.105. The van der Waals surface area contributed by atoms with Gasteiger partial charge in [-0.25, -0.2) is 4.39 Å². The Balaban J connectivity index is 3.12. The number of alkyl halides is 3. The SMILES string of the molecule is CCCC(=Nc1cc(SCC(F)(F)F)c(C)cc1F)C(C)C. The molecule has 124 valence electrons. The molecule has 1 aromatic rings. The summed E-state index contributed by atoms with van der Waals surface area (Å²) in [6, 6.07) is 2.67. The van der Waals surface area contributed by atoms with Gasteiger partial charge in [-0.1, -0.05) is 27.2 Å². The summed E-state index contributed by atoms with van der Waals surface area (Å²) in [5, 5.41) is 0. The number of halogens is 4. The van der Waals surface area contributed by atoms with Crippen molar-refractivity contribution in [2.45, 2.75) is 51.6 Å². The van der Waals surface area contributed by atoms with Crippen LogP contribution >= 0.6 is 11.8 Å². The second-order valence-corrected chi connectivity index (χ2v) is 6.50. The number of aliphatic imine (C=N–C) groups is 1. The average molecular weight is 335 g/mol. The van der Waals surface area contributed by atoms with Gasteiger partial charge in [-0.3, -0.25) is 4.99 Å². The molecule has 0 aliphatic heterocycles. The van der Waals surface area contributed by atoms with Crippen molar-refractivity contribution < 1.29 is 17.6 Å². The molecule has 0 bridgehead atoms. The van der Waals surface area contributed by atoms with Gasteiger partial charge >= 0.3 is 6.18 Å². The normalized spacial score (nSPS) is 13.0. The highest BCUT2D eigenvalue weighted by atomic mass is 32.2. The minimum Gasteiger partial charge on any atom is -0.254 e. The molecule has 0 saturated heterocycles. The maximum Gasteiger partial charge on any atom is 0.398 e. The van der Waals surface area contributed by atoms with Crippen molar-refractivity contribution in [1.29, 1.82) is 0 Å². The van der Waals surface area contributed by atoms with Crippen LogP contribution in [0.1, 0.15) is 39.2 Å². The number of thioether (sulfide) groups is 1. The highest BCUT2D eigenvalue weighted by Crippen LogP contribution is 2.33. The Hall–Kier alpha value is -1.04. The number of benzene rings is 1. The summed E-state index contributed by atoms with van der Waals surface area (Å²) in [5.74, 6) is -1.32. The first-order chi connectivity index (χ1) is 10.1. The Morgan fingerprint density at radius 3 is 2.41 bits per heavy atom. The Bertz CT molecular complexity index is 536. The van der Waals surface area contributed by atoms with Gasteiger partial charge in [-0.2, -0.15) is 13.2 Å². The zero-order valence-corrected chi connectivity index (χ0v) is 14.0. The van der Waals surface area contributed by atoms with Gasteiger partial charge in [-0.15, -0.1) is 11.8 Å². The fourth-order valence-corrected chi connectivity index (χ4v) is 2.73. The zero-order chi connectivity index (χ0) is 16.9. The molecule has 0 aliphatic rings. The van der Waals surface area contributed by atoms with Crippen LogP contribution in [-0.4, -0.2) is 17.6 Å². The largest absolute Gasteiger partial charge is 0.398 e. The average Bonchev–Trinajstić information content (AvgIpc) is 2.38. The summed E-state index contributed by atoms with van der Waals surface area (Å²) in [4.78, 5) is 4.75. The molecule has 0 aromatic heterocycles. The van der Waals surface area contributed by atoms with E-state index in [1.807, 2.05) is 20.8 Å². The molecular weight excluding hydrogens is 314 g/mol. The highest BCUT2D eigenvalue weighted by molar-refractivity contribution is 7.99. The van der Waals surface area contributed by atoms with Crippen LogP contribution in [0.3, 0.4) is 0 Å².